The lowest BCUT2D eigenvalue weighted by Gasteiger charge is -2.31. The molecular weight excluding hydrogens is 390 g/mol. The molecule has 2 aromatic rings. The number of nitrogens with zero attached hydrogens (tertiary/aromatic N) is 4. The number of aromatic nitrogens is 2. The third kappa shape index (κ3) is 3.58. The molecule has 1 saturated carbocycles. The average Bonchev–Trinajstić information content (AvgIpc) is 3.20. The normalized spacial score (nSPS) is 19.3. The van der Waals surface area contributed by atoms with Crippen molar-refractivity contribution in [3.05, 3.63) is 36.0 Å². The van der Waals surface area contributed by atoms with Gasteiger partial charge >= 0.3 is 5.92 Å². The monoisotopic (exact) mass is 409 g/mol. The number of nitrogens with one attached hydrogen (secondary N) is 1. The van der Waals surface area contributed by atoms with Crippen molar-refractivity contribution < 1.29 is 22.4 Å². The summed E-state index contributed by atoms with van der Waals surface area (Å²) < 4.78 is 56.5. The van der Waals surface area contributed by atoms with Crippen LogP contribution in [0, 0.1) is 11.6 Å². The topological polar surface area (TPSA) is 61.4 Å². The van der Waals surface area contributed by atoms with Gasteiger partial charge in [-0.15, -0.1) is 0 Å². The Morgan fingerprint density at radius 3 is 2.66 bits per heavy atom. The fourth-order valence-electron chi connectivity index (χ4n) is 3.82. The highest BCUT2D eigenvalue weighted by Gasteiger charge is 2.48. The summed E-state index contributed by atoms with van der Waals surface area (Å²) in [5.74, 6) is -6.20. The van der Waals surface area contributed by atoms with Gasteiger partial charge in [0.25, 0.3) is 5.91 Å². The Hall–Kier alpha value is -2.91. The molecule has 2 heterocycles. The SMILES string of the molecule is CN1C(=O)C(F)(F)CN(C2CCCC2)c2nc(Nc3cc(F)ccc3F)ncc21. The Bertz CT molecular complexity index is 948. The number of carbonyl (C=O) groups excluding carboxylic acids is 1. The second kappa shape index (κ2) is 7.16. The molecule has 1 amide bonds. The number of rotatable bonds is 3. The van der Waals surface area contributed by atoms with E-state index in [-0.39, 0.29) is 29.2 Å². The maximum absolute atomic E-state index is 14.5. The molecule has 1 aromatic carbocycles. The average molecular weight is 409 g/mol. The highest BCUT2D eigenvalue weighted by molar-refractivity contribution is 6.02. The summed E-state index contributed by atoms with van der Waals surface area (Å²) in [5, 5.41) is 2.59. The van der Waals surface area contributed by atoms with Crippen molar-refractivity contribution >= 4 is 29.0 Å². The van der Waals surface area contributed by atoms with E-state index in [9.17, 15) is 22.4 Å². The molecule has 0 saturated heterocycles. The number of anilines is 4. The van der Waals surface area contributed by atoms with Crippen LogP contribution in [0.15, 0.2) is 24.4 Å². The minimum absolute atomic E-state index is 0.0812. The van der Waals surface area contributed by atoms with Crippen LogP contribution in [0.1, 0.15) is 25.7 Å². The molecule has 2 aliphatic rings. The van der Waals surface area contributed by atoms with Gasteiger partial charge in [-0.3, -0.25) is 4.79 Å². The summed E-state index contributed by atoms with van der Waals surface area (Å²) in [5.41, 5.74) is -0.0370. The van der Waals surface area contributed by atoms with Crippen molar-refractivity contribution in [3.8, 4) is 0 Å². The van der Waals surface area contributed by atoms with E-state index in [2.05, 4.69) is 15.3 Å². The van der Waals surface area contributed by atoms with Gasteiger partial charge in [0.05, 0.1) is 18.4 Å². The van der Waals surface area contributed by atoms with Crippen molar-refractivity contribution in [2.75, 3.05) is 28.7 Å². The van der Waals surface area contributed by atoms with Crippen LogP contribution in [0.2, 0.25) is 0 Å². The zero-order valence-electron chi connectivity index (χ0n) is 15.6. The van der Waals surface area contributed by atoms with Crippen LogP contribution in [0.3, 0.4) is 0 Å². The molecule has 0 spiro atoms. The van der Waals surface area contributed by atoms with E-state index in [1.165, 1.54) is 18.1 Å². The van der Waals surface area contributed by atoms with E-state index in [0.29, 0.717) is 12.8 Å². The number of amides is 1. The van der Waals surface area contributed by atoms with Gasteiger partial charge in [-0.2, -0.15) is 13.8 Å². The van der Waals surface area contributed by atoms with E-state index < -0.39 is 30.0 Å². The summed E-state index contributed by atoms with van der Waals surface area (Å²) in [7, 11) is 1.25. The van der Waals surface area contributed by atoms with Gasteiger partial charge in [0.1, 0.15) is 17.3 Å². The van der Waals surface area contributed by atoms with Gasteiger partial charge in [-0.1, -0.05) is 12.8 Å². The first-order valence-electron chi connectivity index (χ1n) is 9.28. The number of hydrogen-bond donors (Lipinski definition) is 1. The predicted octanol–water partition coefficient (Wildman–Crippen LogP) is 3.86. The molecule has 1 N–H and O–H groups in total. The van der Waals surface area contributed by atoms with Crippen molar-refractivity contribution in [1.29, 1.82) is 0 Å². The summed E-state index contributed by atoms with van der Waals surface area (Å²) in [6, 6.07) is 2.69. The highest BCUT2D eigenvalue weighted by atomic mass is 19.3. The van der Waals surface area contributed by atoms with Crippen LogP contribution in [0.25, 0.3) is 0 Å². The van der Waals surface area contributed by atoms with Crippen molar-refractivity contribution in [2.45, 2.75) is 37.6 Å². The van der Waals surface area contributed by atoms with Gasteiger partial charge < -0.3 is 15.1 Å². The number of alkyl halides is 2. The molecule has 4 rings (SSSR count). The van der Waals surface area contributed by atoms with Crippen molar-refractivity contribution in [3.63, 3.8) is 0 Å². The van der Waals surface area contributed by atoms with Crippen LogP contribution in [-0.2, 0) is 4.79 Å². The lowest BCUT2D eigenvalue weighted by Crippen LogP contribution is -2.48. The lowest BCUT2D eigenvalue weighted by molar-refractivity contribution is -0.140. The highest BCUT2D eigenvalue weighted by Crippen LogP contribution is 2.39. The lowest BCUT2D eigenvalue weighted by atomic mass is 10.2. The molecule has 1 aromatic heterocycles. The van der Waals surface area contributed by atoms with E-state index in [1.807, 2.05) is 0 Å². The van der Waals surface area contributed by atoms with E-state index in [0.717, 1.165) is 35.9 Å². The zero-order valence-corrected chi connectivity index (χ0v) is 15.6. The number of halogens is 4. The van der Waals surface area contributed by atoms with Crippen LogP contribution in [-0.4, -0.2) is 41.4 Å². The van der Waals surface area contributed by atoms with Crippen molar-refractivity contribution in [1.82, 2.24) is 9.97 Å². The number of carbonyl (C=O) groups is 1. The second-order valence-electron chi connectivity index (χ2n) is 7.29. The van der Waals surface area contributed by atoms with Gasteiger partial charge in [-0.25, -0.2) is 13.8 Å². The molecule has 0 radical (unpaired) electrons. The maximum Gasteiger partial charge on any atom is 0.342 e. The Kier molecular flexibility index (Phi) is 4.79. The molecule has 0 atom stereocenters. The Morgan fingerprint density at radius 2 is 1.93 bits per heavy atom. The minimum Gasteiger partial charge on any atom is -0.345 e. The molecule has 1 fully saturated rings. The van der Waals surface area contributed by atoms with Crippen LogP contribution in [0.5, 0.6) is 0 Å². The standard InChI is InChI=1S/C19H19F4N5O/c1-27-15-9-24-18(25-14-8-11(20)6-7-13(14)21)26-16(15)28(12-4-2-3-5-12)10-19(22,23)17(27)29/h6-9,12H,2-5,10H2,1H3,(H,24,25,26). The third-order valence-corrected chi connectivity index (χ3v) is 5.31. The van der Waals surface area contributed by atoms with Crippen LogP contribution in [0.4, 0.5) is 40.7 Å². The Morgan fingerprint density at radius 1 is 1.21 bits per heavy atom. The van der Waals surface area contributed by atoms with Gasteiger partial charge in [0, 0.05) is 19.2 Å². The van der Waals surface area contributed by atoms with Gasteiger partial charge in [-0.05, 0) is 25.0 Å². The van der Waals surface area contributed by atoms with Gasteiger partial charge in [0.15, 0.2) is 5.82 Å². The quantitative estimate of drug-likeness (QED) is 0.781. The van der Waals surface area contributed by atoms with E-state index >= 15 is 0 Å². The first-order chi connectivity index (χ1) is 13.8. The molecule has 6 nitrogen and oxygen atoms in total. The number of benzene rings is 1. The molecule has 10 heteroatoms. The second-order valence-corrected chi connectivity index (χ2v) is 7.29. The number of hydrogen-bond acceptors (Lipinski definition) is 5. The van der Waals surface area contributed by atoms with Crippen LogP contribution >= 0.6 is 0 Å². The van der Waals surface area contributed by atoms with E-state index in [4.69, 9.17) is 0 Å². The summed E-state index contributed by atoms with van der Waals surface area (Å²) >= 11 is 0. The van der Waals surface area contributed by atoms with Crippen LogP contribution < -0.4 is 15.1 Å². The van der Waals surface area contributed by atoms with Gasteiger partial charge in [0.2, 0.25) is 5.95 Å². The first-order valence-corrected chi connectivity index (χ1v) is 9.28. The molecule has 154 valence electrons. The summed E-state index contributed by atoms with van der Waals surface area (Å²) in [6.45, 7) is -0.793. The fourth-order valence-corrected chi connectivity index (χ4v) is 3.82. The minimum atomic E-state index is -3.58. The van der Waals surface area contributed by atoms with Crippen molar-refractivity contribution in [2.24, 2.45) is 0 Å². The Labute approximate surface area is 164 Å². The Balaban J connectivity index is 1.77. The molecule has 0 unspecified atom stereocenters. The first kappa shape index (κ1) is 19.4. The summed E-state index contributed by atoms with van der Waals surface area (Å²) in [4.78, 5) is 22.8. The fraction of sp³-hybridized carbons (Fsp3) is 0.421. The molecule has 29 heavy (non-hydrogen) atoms. The molecule has 0 bridgehead atoms. The largest absolute Gasteiger partial charge is 0.345 e. The molecule has 1 aliphatic carbocycles. The maximum atomic E-state index is 14.5. The third-order valence-electron chi connectivity index (χ3n) is 5.31. The summed E-state index contributed by atoms with van der Waals surface area (Å²) in [6.07, 6.45) is 4.45. The zero-order chi connectivity index (χ0) is 20.8. The van der Waals surface area contributed by atoms with E-state index in [1.54, 1.807) is 0 Å². The smallest absolute Gasteiger partial charge is 0.342 e. The molecule has 1 aliphatic heterocycles. The predicted molar refractivity (Wildman–Crippen MR) is 99.6 cm³/mol. The molecular formula is C19H19F4N5O. The number of fused-ring (bicyclic) bond motifs is 1.